The summed E-state index contributed by atoms with van der Waals surface area (Å²) in [5, 5.41) is 6.68. The Labute approximate surface area is 187 Å². The van der Waals surface area contributed by atoms with Crippen LogP contribution in [0.25, 0.3) is 22.2 Å². The highest BCUT2D eigenvalue weighted by Crippen LogP contribution is 2.29. The number of nitrogens with one attached hydrogen (secondary N) is 2. The number of nitrogen functional groups attached to an aromatic ring is 1. The van der Waals surface area contributed by atoms with Gasteiger partial charge in [-0.05, 0) is 42.3 Å². The van der Waals surface area contributed by atoms with Crippen molar-refractivity contribution >= 4 is 38.2 Å². The van der Waals surface area contributed by atoms with Gasteiger partial charge in [-0.15, -0.1) is 0 Å². The summed E-state index contributed by atoms with van der Waals surface area (Å²) >= 11 is 0. The average molecular weight is 471 g/mol. The van der Waals surface area contributed by atoms with Crippen LogP contribution in [-0.2, 0) is 10.0 Å². The molecule has 0 aliphatic rings. The van der Waals surface area contributed by atoms with Crippen molar-refractivity contribution in [1.82, 2.24) is 15.2 Å². The molecule has 0 atom stereocenters. The van der Waals surface area contributed by atoms with Crippen molar-refractivity contribution in [3.8, 4) is 11.1 Å². The summed E-state index contributed by atoms with van der Waals surface area (Å²) in [4.78, 5) is 17.3. The number of anilines is 2. The van der Waals surface area contributed by atoms with E-state index < -0.39 is 38.7 Å². The van der Waals surface area contributed by atoms with Gasteiger partial charge in [0.1, 0.15) is 11.5 Å². The van der Waals surface area contributed by atoms with Crippen LogP contribution in [0, 0.1) is 11.6 Å². The number of halogens is 2. The van der Waals surface area contributed by atoms with E-state index in [1.54, 1.807) is 37.3 Å². The molecule has 11 heteroatoms. The number of pyridine rings is 1. The minimum absolute atomic E-state index is 0.173. The van der Waals surface area contributed by atoms with Crippen LogP contribution >= 0.6 is 0 Å². The second-order valence-corrected chi connectivity index (χ2v) is 9.20. The summed E-state index contributed by atoms with van der Waals surface area (Å²) in [7, 11) is -3.85. The third-order valence-corrected chi connectivity index (χ3v) is 6.39. The maximum atomic E-state index is 15.1. The Morgan fingerprint density at radius 3 is 2.67 bits per heavy atom. The van der Waals surface area contributed by atoms with Crippen molar-refractivity contribution in [2.24, 2.45) is 0 Å². The predicted molar refractivity (Wildman–Crippen MR) is 121 cm³/mol. The van der Waals surface area contributed by atoms with Gasteiger partial charge in [-0.2, -0.15) is 5.10 Å². The molecular formula is C22H19F2N5O3S. The summed E-state index contributed by atoms with van der Waals surface area (Å²) in [6.45, 7) is 1.64. The molecule has 4 N–H and O–H groups in total. The number of carbonyl (C=O) groups is 1. The molecule has 4 aromatic rings. The summed E-state index contributed by atoms with van der Waals surface area (Å²) in [5.41, 5.74) is 6.26. The molecule has 0 aliphatic carbocycles. The van der Waals surface area contributed by atoms with E-state index in [9.17, 15) is 17.6 Å². The van der Waals surface area contributed by atoms with Crippen LogP contribution in [0.3, 0.4) is 0 Å². The third kappa shape index (κ3) is 4.40. The quantitative estimate of drug-likeness (QED) is 0.277. The van der Waals surface area contributed by atoms with Crippen LogP contribution in [0.2, 0.25) is 0 Å². The SMILES string of the molecule is CCCS(=O)(=O)Nc1ccc(F)c(C(=O)c2[nH]nc3ncc(-c4cccc(N)c4)cc23)c1F. The number of fused-ring (bicyclic) bond motifs is 1. The van der Waals surface area contributed by atoms with E-state index in [4.69, 9.17) is 5.73 Å². The van der Waals surface area contributed by atoms with Gasteiger partial charge in [-0.1, -0.05) is 19.1 Å². The highest BCUT2D eigenvalue weighted by atomic mass is 32.2. The van der Waals surface area contributed by atoms with E-state index in [1.165, 1.54) is 6.20 Å². The lowest BCUT2D eigenvalue weighted by atomic mass is 10.0. The number of aromatic amines is 1. The Morgan fingerprint density at radius 2 is 1.94 bits per heavy atom. The number of hydrogen-bond donors (Lipinski definition) is 3. The zero-order chi connectivity index (χ0) is 23.8. The molecule has 8 nitrogen and oxygen atoms in total. The minimum atomic E-state index is -3.85. The fourth-order valence-electron chi connectivity index (χ4n) is 3.40. The monoisotopic (exact) mass is 471 g/mol. The lowest BCUT2D eigenvalue weighted by Crippen LogP contribution is -2.18. The molecule has 0 radical (unpaired) electrons. The fraction of sp³-hybridized carbons (Fsp3) is 0.136. The van der Waals surface area contributed by atoms with Gasteiger partial charge in [-0.25, -0.2) is 22.2 Å². The molecule has 33 heavy (non-hydrogen) atoms. The first-order chi connectivity index (χ1) is 15.7. The molecule has 2 aromatic heterocycles. The second-order valence-electron chi connectivity index (χ2n) is 7.35. The fourth-order valence-corrected chi connectivity index (χ4v) is 4.53. The molecule has 0 unspecified atom stereocenters. The lowest BCUT2D eigenvalue weighted by molar-refractivity contribution is 0.102. The molecule has 4 rings (SSSR count). The number of aromatic nitrogens is 3. The molecule has 0 saturated carbocycles. The number of rotatable bonds is 7. The molecule has 0 aliphatic heterocycles. The molecule has 0 spiro atoms. The topological polar surface area (TPSA) is 131 Å². The molecular weight excluding hydrogens is 452 g/mol. The van der Waals surface area contributed by atoms with Crippen molar-refractivity contribution in [2.45, 2.75) is 13.3 Å². The lowest BCUT2D eigenvalue weighted by Gasteiger charge is -2.11. The number of hydrogen-bond acceptors (Lipinski definition) is 6. The highest BCUT2D eigenvalue weighted by molar-refractivity contribution is 7.92. The molecule has 0 amide bonds. The van der Waals surface area contributed by atoms with Gasteiger partial charge in [0.05, 0.1) is 22.4 Å². The largest absolute Gasteiger partial charge is 0.399 e. The Kier molecular flexibility index (Phi) is 5.81. The van der Waals surface area contributed by atoms with Gasteiger partial charge in [-0.3, -0.25) is 14.6 Å². The molecule has 0 saturated heterocycles. The van der Waals surface area contributed by atoms with Gasteiger partial charge >= 0.3 is 0 Å². The summed E-state index contributed by atoms with van der Waals surface area (Å²) in [6, 6.07) is 10.4. The molecule has 2 aromatic carbocycles. The van der Waals surface area contributed by atoms with E-state index in [1.807, 2.05) is 0 Å². The number of H-pyrrole nitrogens is 1. The molecule has 170 valence electrons. The van der Waals surface area contributed by atoms with Crippen molar-refractivity contribution in [3.63, 3.8) is 0 Å². The van der Waals surface area contributed by atoms with Crippen LogP contribution in [-0.4, -0.2) is 35.1 Å². The van der Waals surface area contributed by atoms with Gasteiger partial charge in [0.15, 0.2) is 11.5 Å². The van der Waals surface area contributed by atoms with Crippen LogP contribution in [0.5, 0.6) is 0 Å². The Morgan fingerprint density at radius 1 is 1.15 bits per heavy atom. The zero-order valence-electron chi connectivity index (χ0n) is 17.4. The van der Waals surface area contributed by atoms with Gasteiger partial charge in [0, 0.05) is 17.4 Å². The van der Waals surface area contributed by atoms with Crippen molar-refractivity contribution in [1.29, 1.82) is 0 Å². The smallest absolute Gasteiger partial charge is 0.232 e. The van der Waals surface area contributed by atoms with E-state index in [-0.39, 0.29) is 22.5 Å². The number of carbonyl (C=O) groups excluding carboxylic acids is 1. The number of benzene rings is 2. The first-order valence-corrected chi connectivity index (χ1v) is 11.6. The van der Waals surface area contributed by atoms with Gasteiger partial charge in [0.2, 0.25) is 15.8 Å². The van der Waals surface area contributed by atoms with E-state index in [0.717, 1.165) is 17.7 Å². The molecule has 0 bridgehead atoms. The van der Waals surface area contributed by atoms with E-state index in [2.05, 4.69) is 19.9 Å². The number of ketones is 1. The average Bonchev–Trinajstić information content (AvgIpc) is 3.19. The van der Waals surface area contributed by atoms with Crippen LogP contribution in [0.15, 0.2) is 48.7 Å². The van der Waals surface area contributed by atoms with Crippen molar-refractivity contribution in [3.05, 3.63) is 71.6 Å². The van der Waals surface area contributed by atoms with Crippen LogP contribution < -0.4 is 10.5 Å². The first-order valence-electron chi connectivity index (χ1n) is 9.93. The number of nitrogens with two attached hydrogens (primary N) is 1. The highest BCUT2D eigenvalue weighted by Gasteiger charge is 2.26. The zero-order valence-corrected chi connectivity index (χ0v) is 18.2. The first kappa shape index (κ1) is 22.3. The van der Waals surface area contributed by atoms with E-state index >= 15 is 4.39 Å². The summed E-state index contributed by atoms with van der Waals surface area (Å²) in [5.74, 6) is -3.74. The predicted octanol–water partition coefficient (Wildman–Crippen LogP) is 3.87. The molecule has 0 fully saturated rings. The minimum Gasteiger partial charge on any atom is -0.399 e. The Bertz CT molecular complexity index is 1480. The van der Waals surface area contributed by atoms with Crippen molar-refractivity contribution in [2.75, 3.05) is 16.2 Å². The van der Waals surface area contributed by atoms with Gasteiger partial charge < -0.3 is 5.73 Å². The van der Waals surface area contributed by atoms with Crippen LogP contribution in [0.4, 0.5) is 20.2 Å². The maximum absolute atomic E-state index is 15.1. The van der Waals surface area contributed by atoms with Gasteiger partial charge in [0.25, 0.3) is 0 Å². The Balaban J connectivity index is 1.79. The van der Waals surface area contributed by atoms with E-state index in [0.29, 0.717) is 17.7 Å². The number of sulfonamides is 1. The molecule has 2 heterocycles. The number of nitrogens with zero attached hydrogens (tertiary/aromatic N) is 2. The maximum Gasteiger partial charge on any atom is 0.232 e. The normalized spacial score (nSPS) is 11.6. The summed E-state index contributed by atoms with van der Waals surface area (Å²) < 4.78 is 55.7. The summed E-state index contributed by atoms with van der Waals surface area (Å²) in [6.07, 6.45) is 1.84. The van der Waals surface area contributed by atoms with Crippen LogP contribution in [0.1, 0.15) is 29.4 Å². The second kappa shape index (κ2) is 8.58. The van der Waals surface area contributed by atoms with Crippen molar-refractivity contribution < 1.29 is 22.0 Å². The Hall–Kier alpha value is -3.86. The standard InChI is InChI=1S/C22H19F2N5O3S/c1-2-8-33(31,32)29-17-7-6-16(23)18(19(17)24)21(30)20-15-10-13(11-26-22(15)28-27-20)12-4-3-5-14(25)9-12/h3-7,9-11,29H,2,8,25H2,1H3,(H,26,27,28). The third-order valence-electron chi connectivity index (χ3n) is 4.91.